The monoisotopic (exact) mass is 415 g/mol. The van der Waals surface area contributed by atoms with E-state index >= 15 is 0 Å². The van der Waals surface area contributed by atoms with Crippen LogP contribution < -0.4 is 16.8 Å². The lowest BCUT2D eigenvalue weighted by Gasteiger charge is -2.37. The molecule has 29 heavy (non-hydrogen) atoms. The molecule has 2 aromatic rings. The van der Waals surface area contributed by atoms with E-state index in [1.54, 1.807) is 12.1 Å². The van der Waals surface area contributed by atoms with E-state index in [0.29, 0.717) is 17.8 Å². The van der Waals surface area contributed by atoms with Crippen molar-refractivity contribution in [1.82, 2.24) is 9.88 Å². The first-order chi connectivity index (χ1) is 13.8. The van der Waals surface area contributed by atoms with Crippen molar-refractivity contribution >= 4 is 40.7 Å². The quantitative estimate of drug-likeness (QED) is 0.643. The van der Waals surface area contributed by atoms with Gasteiger partial charge in [0, 0.05) is 17.6 Å². The number of piperidine rings is 1. The smallest absolute Gasteiger partial charge is 0.313 e. The number of rotatable bonds is 4. The van der Waals surface area contributed by atoms with Crippen LogP contribution in [0.25, 0.3) is 0 Å². The molecule has 152 valence electrons. The number of thiophene rings is 1. The van der Waals surface area contributed by atoms with Crippen LogP contribution in [0.4, 0.5) is 5.69 Å². The van der Waals surface area contributed by atoms with E-state index in [4.69, 9.17) is 11.5 Å². The van der Waals surface area contributed by atoms with E-state index in [1.807, 2.05) is 6.92 Å². The van der Waals surface area contributed by atoms with Gasteiger partial charge < -0.3 is 21.7 Å². The van der Waals surface area contributed by atoms with Gasteiger partial charge in [0.05, 0.1) is 28.4 Å². The van der Waals surface area contributed by atoms with Crippen LogP contribution in [-0.4, -0.2) is 40.1 Å². The summed E-state index contributed by atoms with van der Waals surface area (Å²) in [4.78, 5) is 54.7. The first kappa shape index (κ1) is 20.5. The highest BCUT2D eigenvalue weighted by atomic mass is 32.1. The second kappa shape index (κ2) is 8.39. The number of anilines is 1. The Morgan fingerprint density at radius 2 is 1.90 bits per heavy atom. The lowest BCUT2D eigenvalue weighted by Crippen LogP contribution is -2.46. The fourth-order valence-electron chi connectivity index (χ4n) is 3.30. The molecule has 0 unspecified atom stereocenters. The van der Waals surface area contributed by atoms with Crippen molar-refractivity contribution in [3.05, 3.63) is 45.9 Å². The number of nitrogens with one attached hydrogen (secondary N) is 1. The normalized spacial score (nSPS) is 18.9. The Labute approximate surface area is 171 Å². The van der Waals surface area contributed by atoms with Crippen LogP contribution in [0.2, 0.25) is 0 Å². The molecule has 3 rings (SSSR count). The molecular weight excluding hydrogens is 394 g/mol. The Hall–Kier alpha value is -3.27. The fourth-order valence-corrected chi connectivity index (χ4v) is 4.30. The molecule has 0 spiro atoms. The molecule has 0 saturated carbocycles. The minimum Gasteiger partial charge on any atom is -0.366 e. The Morgan fingerprint density at radius 3 is 2.55 bits per heavy atom. The number of hydrogen-bond acceptors (Lipinski definition) is 6. The number of carbonyl (C=O) groups excluding carboxylic acids is 4. The predicted molar refractivity (Wildman–Crippen MR) is 107 cm³/mol. The van der Waals surface area contributed by atoms with E-state index in [1.165, 1.54) is 34.7 Å². The first-order valence-corrected chi connectivity index (χ1v) is 9.84. The Morgan fingerprint density at radius 1 is 1.14 bits per heavy atom. The van der Waals surface area contributed by atoms with E-state index in [9.17, 15) is 19.2 Å². The van der Waals surface area contributed by atoms with Gasteiger partial charge in [0.25, 0.3) is 5.91 Å². The molecular formula is C19H21N5O4S. The fraction of sp³-hybridized carbons (Fsp3) is 0.316. The van der Waals surface area contributed by atoms with Crippen LogP contribution in [0.3, 0.4) is 0 Å². The molecule has 0 aromatic carbocycles. The van der Waals surface area contributed by atoms with Crippen molar-refractivity contribution in [1.29, 1.82) is 0 Å². The van der Waals surface area contributed by atoms with Crippen LogP contribution in [0.5, 0.6) is 0 Å². The summed E-state index contributed by atoms with van der Waals surface area (Å²) in [6.45, 7) is 2.43. The molecule has 4 amide bonds. The Balaban J connectivity index is 1.79. The van der Waals surface area contributed by atoms with E-state index < -0.39 is 23.6 Å². The summed E-state index contributed by atoms with van der Waals surface area (Å²) >= 11 is 1.23. The number of likely N-dealkylation sites (tertiary alicyclic amines) is 1. The van der Waals surface area contributed by atoms with Crippen molar-refractivity contribution in [2.24, 2.45) is 17.4 Å². The Bertz CT molecular complexity index is 973. The average Bonchev–Trinajstić information content (AvgIpc) is 3.17. The Kier molecular flexibility index (Phi) is 5.92. The summed E-state index contributed by atoms with van der Waals surface area (Å²) < 4.78 is 0. The molecule has 5 N–H and O–H groups in total. The third kappa shape index (κ3) is 4.60. The number of aromatic nitrogens is 1. The third-order valence-electron chi connectivity index (χ3n) is 4.75. The van der Waals surface area contributed by atoms with Gasteiger partial charge in [-0.1, -0.05) is 6.92 Å². The zero-order chi connectivity index (χ0) is 21.1. The van der Waals surface area contributed by atoms with Crippen LogP contribution in [0.15, 0.2) is 30.6 Å². The standard InChI is InChI=1S/C19H21N5O4S/c1-10-2-3-13(14-4-5-15(29-14)17(21)26)24(9-10)19(28)18(27)23-12-6-11(16(20)25)7-22-8-12/h4-8,10,13H,2-3,9H2,1H3,(H2,20,25)(H2,21,26)(H,23,27)/t10-,13+/m1/s1. The van der Waals surface area contributed by atoms with E-state index in [0.717, 1.165) is 11.3 Å². The number of hydrogen-bond donors (Lipinski definition) is 3. The van der Waals surface area contributed by atoms with Gasteiger partial charge in [-0.3, -0.25) is 24.2 Å². The molecule has 2 atom stereocenters. The zero-order valence-corrected chi connectivity index (χ0v) is 16.6. The maximum absolute atomic E-state index is 12.9. The molecule has 1 aliphatic heterocycles. The molecule has 0 bridgehead atoms. The summed E-state index contributed by atoms with van der Waals surface area (Å²) in [5.41, 5.74) is 10.9. The van der Waals surface area contributed by atoms with Gasteiger partial charge in [0.15, 0.2) is 0 Å². The second-order valence-corrected chi connectivity index (χ2v) is 8.12. The van der Waals surface area contributed by atoms with Crippen LogP contribution in [-0.2, 0) is 9.59 Å². The maximum Gasteiger partial charge on any atom is 0.313 e. The summed E-state index contributed by atoms with van der Waals surface area (Å²) in [7, 11) is 0. The highest BCUT2D eigenvalue weighted by Gasteiger charge is 2.35. The molecule has 9 nitrogen and oxygen atoms in total. The summed E-state index contributed by atoms with van der Waals surface area (Å²) in [5.74, 6) is -2.51. The highest BCUT2D eigenvalue weighted by Crippen LogP contribution is 2.36. The van der Waals surface area contributed by atoms with Gasteiger partial charge in [-0.05, 0) is 37.0 Å². The SMILES string of the molecule is C[C@@H]1CC[C@@H](c2ccc(C(N)=O)s2)N(C(=O)C(=O)Nc2cncc(C(N)=O)c2)C1. The molecule has 0 aliphatic carbocycles. The van der Waals surface area contributed by atoms with Gasteiger partial charge in [-0.2, -0.15) is 0 Å². The largest absolute Gasteiger partial charge is 0.366 e. The summed E-state index contributed by atoms with van der Waals surface area (Å²) in [6, 6.07) is 4.45. The minimum atomic E-state index is -0.834. The van der Waals surface area contributed by atoms with Crippen molar-refractivity contribution in [3.63, 3.8) is 0 Å². The van der Waals surface area contributed by atoms with Crippen molar-refractivity contribution in [2.75, 3.05) is 11.9 Å². The maximum atomic E-state index is 12.9. The summed E-state index contributed by atoms with van der Waals surface area (Å²) in [6.07, 6.45) is 4.17. The van der Waals surface area contributed by atoms with Gasteiger partial charge >= 0.3 is 11.8 Å². The molecule has 0 radical (unpaired) electrons. The predicted octanol–water partition coefficient (Wildman–Crippen LogP) is 1.28. The van der Waals surface area contributed by atoms with Crippen LogP contribution in [0, 0.1) is 5.92 Å². The van der Waals surface area contributed by atoms with E-state index in [2.05, 4.69) is 10.3 Å². The summed E-state index contributed by atoms with van der Waals surface area (Å²) in [5, 5.41) is 2.47. The van der Waals surface area contributed by atoms with Gasteiger partial charge in [-0.25, -0.2) is 0 Å². The number of pyridine rings is 1. The van der Waals surface area contributed by atoms with Crippen LogP contribution >= 0.6 is 11.3 Å². The number of nitrogens with zero attached hydrogens (tertiary/aromatic N) is 2. The third-order valence-corrected chi connectivity index (χ3v) is 5.95. The van der Waals surface area contributed by atoms with E-state index in [-0.39, 0.29) is 23.2 Å². The lowest BCUT2D eigenvalue weighted by atomic mass is 9.93. The molecule has 1 fully saturated rings. The molecule has 2 aromatic heterocycles. The highest BCUT2D eigenvalue weighted by molar-refractivity contribution is 7.14. The minimum absolute atomic E-state index is 0.122. The molecule has 10 heteroatoms. The average molecular weight is 415 g/mol. The molecule has 1 saturated heterocycles. The van der Waals surface area contributed by atoms with Gasteiger partial charge in [-0.15, -0.1) is 11.3 Å². The van der Waals surface area contributed by atoms with Crippen molar-refractivity contribution < 1.29 is 19.2 Å². The number of nitrogens with two attached hydrogens (primary N) is 2. The van der Waals surface area contributed by atoms with Gasteiger partial charge in [0.2, 0.25) is 5.91 Å². The van der Waals surface area contributed by atoms with Gasteiger partial charge in [0.1, 0.15) is 0 Å². The number of carbonyl (C=O) groups is 4. The second-order valence-electron chi connectivity index (χ2n) is 7.00. The zero-order valence-electron chi connectivity index (χ0n) is 15.8. The van der Waals surface area contributed by atoms with Crippen LogP contribution in [0.1, 0.15) is 50.7 Å². The molecule has 3 heterocycles. The topological polar surface area (TPSA) is 148 Å². The van der Waals surface area contributed by atoms with Crippen molar-refractivity contribution in [3.8, 4) is 0 Å². The van der Waals surface area contributed by atoms with Crippen molar-refractivity contribution in [2.45, 2.75) is 25.8 Å². The number of amides is 4. The molecule has 1 aliphatic rings. The lowest BCUT2D eigenvalue weighted by molar-refractivity contribution is -0.146. The first-order valence-electron chi connectivity index (χ1n) is 9.02. The number of primary amides is 2.